The molecular weight excluding hydrogens is 659 g/mol. The van der Waals surface area contributed by atoms with E-state index in [9.17, 15) is 32.7 Å². The van der Waals surface area contributed by atoms with Crippen molar-refractivity contribution in [3.05, 3.63) is 44.6 Å². The quantitative estimate of drug-likeness (QED) is 0.360. The summed E-state index contributed by atoms with van der Waals surface area (Å²) in [5.41, 5.74) is -0.404. The number of phenols is 1. The Kier molecular flexibility index (Phi) is 10.1. The average Bonchev–Trinajstić information content (AvgIpc) is 3.52. The van der Waals surface area contributed by atoms with Crippen LogP contribution in [0.5, 0.6) is 5.75 Å². The van der Waals surface area contributed by atoms with Crippen LogP contribution in [0.3, 0.4) is 0 Å². The molecule has 0 spiro atoms. The summed E-state index contributed by atoms with van der Waals surface area (Å²) in [5, 5.41) is 20.5. The topological polar surface area (TPSA) is 120 Å². The Morgan fingerprint density at radius 3 is 2.36 bits per heavy atom. The van der Waals surface area contributed by atoms with Crippen LogP contribution in [0.25, 0.3) is 0 Å². The number of likely N-dealkylation sites (tertiary alicyclic amines) is 2. The number of piperidine rings is 2. The van der Waals surface area contributed by atoms with Crippen LogP contribution < -0.4 is 16.0 Å². The molecule has 1 aromatic heterocycles. The van der Waals surface area contributed by atoms with Gasteiger partial charge in [0.05, 0.1) is 22.8 Å². The molecule has 4 N–H and O–H groups in total. The van der Waals surface area contributed by atoms with E-state index in [-0.39, 0.29) is 30.0 Å². The van der Waals surface area contributed by atoms with Crippen LogP contribution in [0.4, 0.5) is 28.4 Å². The Morgan fingerprint density at radius 1 is 1.02 bits per heavy atom. The molecule has 16 heteroatoms. The number of hydrogen-bond acceptors (Lipinski definition) is 7. The summed E-state index contributed by atoms with van der Waals surface area (Å²) in [6, 6.07) is 2.31. The zero-order chi connectivity index (χ0) is 33.3. The van der Waals surface area contributed by atoms with Gasteiger partial charge in [-0.05, 0) is 54.8 Å². The lowest BCUT2D eigenvalue weighted by Gasteiger charge is -2.41. The Hall–Kier alpha value is -3.27. The zero-order valence-electron chi connectivity index (χ0n) is 25.8. The number of carbonyl (C=O) groups excluding carboxylic acids is 3. The molecule has 5 amide bonds. The first-order valence-corrected chi connectivity index (χ1v) is 17.2. The summed E-state index contributed by atoms with van der Waals surface area (Å²) in [6.07, 6.45) is -2.48. The van der Waals surface area contributed by atoms with E-state index in [0.717, 1.165) is 55.7 Å². The van der Waals surface area contributed by atoms with Crippen molar-refractivity contribution in [3.8, 4) is 5.75 Å². The van der Waals surface area contributed by atoms with Crippen LogP contribution in [0.2, 0.25) is 5.02 Å². The Balaban J connectivity index is 1.13. The monoisotopic (exact) mass is 697 g/mol. The highest BCUT2D eigenvalue weighted by Gasteiger charge is 2.38. The molecule has 2 aromatic rings. The predicted molar refractivity (Wildman–Crippen MR) is 172 cm³/mol. The Morgan fingerprint density at radius 2 is 1.68 bits per heavy atom. The van der Waals surface area contributed by atoms with Crippen molar-refractivity contribution in [1.29, 1.82) is 0 Å². The number of thiophene rings is 1. The smallest absolute Gasteiger partial charge is 0.420 e. The number of benzene rings is 1. The Labute approximate surface area is 280 Å². The number of rotatable bonds is 6. The van der Waals surface area contributed by atoms with Crippen LogP contribution in [-0.4, -0.2) is 113 Å². The summed E-state index contributed by atoms with van der Waals surface area (Å²) in [4.78, 5) is 48.8. The number of aromatic hydroxyl groups is 1. The number of fused-ring (bicyclic) bond motifs is 1. The molecule has 0 saturated carbocycles. The molecule has 4 aliphatic heterocycles. The minimum atomic E-state index is -4.86. The fraction of sp³-hybridized carbons (Fsp3) is 0.581. The van der Waals surface area contributed by atoms with Crippen molar-refractivity contribution >= 4 is 46.6 Å². The molecule has 47 heavy (non-hydrogen) atoms. The van der Waals surface area contributed by atoms with Gasteiger partial charge in [-0.3, -0.25) is 9.69 Å². The molecule has 3 saturated heterocycles. The van der Waals surface area contributed by atoms with Gasteiger partial charge in [0.1, 0.15) is 11.8 Å². The van der Waals surface area contributed by atoms with Crippen molar-refractivity contribution in [3.63, 3.8) is 0 Å². The van der Waals surface area contributed by atoms with Gasteiger partial charge in [0.25, 0.3) is 0 Å². The number of phenolic OH excluding ortho intramolecular Hbond substituents is 1. The lowest BCUT2D eigenvalue weighted by Crippen LogP contribution is -2.58. The number of nitrogens with zero attached hydrogens (tertiary/aromatic N) is 4. The van der Waals surface area contributed by atoms with Gasteiger partial charge in [-0.25, -0.2) is 9.59 Å². The van der Waals surface area contributed by atoms with Gasteiger partial charge in [-0.2, -0.15) is 13.2 Å². The SMILES string of the molecule is O=C(N[C@H](Cc1cc(Cl)c(O)c(C(F)(F)F)c1)C(=O)N1CCC(N2CCNCC2)CC1)N1CCC(N2Cc3sccc3NC2=O)CC1. The fourth-order valence-corrected chi connectivity index (χ4v) is 8.12. The first-order valence-electron chi connectivity index (χ1n) is 16.0. The number of amides is 5. The van der Waals surface area contributed by atoms with E-state index in [4.69, 9.17) is 11.6 Å². The molecule has 0 bridgehead atoms. The van der Waals surface area contributed by atoms with Crippen molar-refractivity contribution in [2.45, 2.75) is 63.0 Å². The van der Waals surface area contributed by atoms with Crippen molar-refractivity contribution < 1.29 is 32.7 Å². The van der Waals surface area contributed by atoms with E-state index < -0.39 is 34.6 Å². The first-order chi connectivity index (χ1) is 22.5. The van der Waals surface area contributed by atoms with Crippen LogP contribution in [0.1, 0.15) is 41.7 Å². The van der Waals surface area contributed by atoms with Crippen LogP contribution in [0.15, 0.2) is 23.6 Å². The van der Waals surface area contributed by atoms with Gasteiger partial charge in [0.2, 0.25) is 5.91 Å². The van der Waals surface area contributed by atoms with E-state index in [0.29, 0.717) is 51.6 Å². The molecule has 0 aliphatic carbocycles. The number of urea groups is 2. The minimum absolute atomic E-state index is 0.0661. The summed E-state index contributed by atoms with van der Waals surface area (Å²) < 4.78 is 41.0. The van der Waals surface area contributed by atoms with Gasteiger partial charge < -0.3 is 35.8 Å². The second-order valence-corrected chi connectivity index (χ2v) is 14.0. The van der Waals surface area contributed by atoms with Gasteiger partial charge in [0, 0.05) is 75.7 Å². The first kappa shape index (κ1) is 33.6. The van der Waals surface area contributed by atoms with Gasteiger partial charge in [-0.15, -0.1) is 11.3 Å². The average molecular weight is 698 g/mol. The third kappa shape index (κ3) is 7.58. The molecular formula is C31H39ClF3N7O4S. The molecule has 6 rings (SSSR count). The molecule has 11 nitrogen and oxygen atoms in total. The van der Waals surface area contributed by atoms with Crippen molar-refractivity contribution in [1.82, 2.24) is 30.2 Å². The van der Waals surface area contributed by atoms with Gasteiger partial charge in [0.15, 0.2) is 0 Å². The fourth-order valence-electron chi connectivity index (χ4n) is 7.05. The second-order valence-electron chi connectivity index (χ2n) is 12.6. The van der Waals surface area contributed by atoms with E-state index in [2.05, 4.69) is 20.9 Å². The van der Waals surface area contributed by atoms with Crippen LogP contribution in [0, 0.1) is 0 Å². The molecule has 4 aliphatic rings. The third-order valence-electron chi connectivity index (χ3n) is 9.66. The minimum Gasteiger partial charge on any atom is -0.506 e. The molecule has 5 heterocycles. The normalized spacial score (nSPS) is 20.9. The highest BCUT2D eigenvalue weighted by molar-refractivity contribution is 7.10. The van der Waals surface area contributed by atoms with E-state index in [1.54, 1.807) is 26.0 Å². The van der Waals surface area contributed by atoms with Crippen molar-refractivity contribution in [2.24, 2.45) is 0 Å². The maximum Gasteiger partial charge on any atom is 0.420 e. The lowest BCUT2D eigenvalue weighted by molar-refractivity contribution is -0.138. The number of hydrogen-bond donors (Lipinski definition) is 4. The number of anilines is 1. The van der Waals surface area contributed by atoms with E-state index in [1.165, 1.54) is 6.07 Å². The number of alkyl halides is 3. The van der Waals surface area contributed by atoms with Crippen LogP contribution in [-0.2, 0) is 23.9 Å². The molecule has 1 atom stereocenters. The largest absolute Gasteiger partial charge is 0.506 e. The predicted octanol–water partition coefficient (Wildman–Crippen LogP) is 4.15. The standard InChI is InChI=1S/C31H39ClF3N7O4S/c32-23-16-19(15-22(27(23)43)31(33,34)35)17-25(28(44)40-8-1-20(2-9-40)39-12-6-36-7-13-39)38-29(45)41-10-3-21(4-11-41)42-18-26-24(5-14-47-26)37-30(42)46/h5,14-16,20-21,25,36,43H,1-4,6-13,17-18H2,(H,37,46)(H,38,45)/t25-/m1/s1. The van der Waals surface area contributed by atoms with E-state index >= 15 is 0 Å². The summed E-state index contributed by atoms with van der Waals surface area (Å²) in [6.45, 7) is 5.85. The summed E-state index contributed by atoms with van der Waals surface area (Å²) >= 11 is 7.56. The number of piperazine rings is 1. The summed E-state index contributed by atoms with van der Waals surface area (Å²) in [7, 11) is 0. The molecule has 256 valence electrons. The van der Waals surface area contributed by atoms with Gasteiger partial charge in [-0.1, -0.05) is 11.6 Å². The highest BCUT2D eigenvalue weighted by Crippen LogP contribution is 2.40. The molecule has 0 unspecified atom stereocenters. The second kappa shape index (κ2) is 14.1. The van der Waals surface area contributed by atoms with E-state index in [1.807, 2.05) is 11.4 Å². The van der Waals surface area contributed by atoms with Gasteiger partial charge >= 0.3 is 18.2 Å². The lowest BCUT2D eigenvalue weighted by atomic mass is 9.98. The summed E-state index contributed by atoms with van der Waals surface area (Å²) in [5.74, 6) is -1.45. The molecule has 0 radical (unpaired) electrons. The molecule has 3 fully saturated rings. The highest BCUT2D eigenvalue weighted by atomic mass is 35.5. The maximum absolute atomic E-state index is 13.9. The number of halogens is 4. The third-order valence-corrected chi connectivity index (χ3v) is 10.9. The van der Waals surface area contributed by atoms with Crippen molar-refractivity contribution in [2.75, 3.05) is 57.7 Å². The maximum atomic E-state index is 13.9. The van der Waals surface area contributed by atoms with Crippen LogP contribution >= 0.6 is 22.9 Å². The zero-order valence-corrected chi connectivity index (χ0v) is 27.4. The molecule has 1 aromatic carbocycles. The Bertz CT molecular complexity index is 1470. The number of carbonyl (C=O) groups is 3. The number of nitrogens with one attached hydrogen (secondary N) is 3.